The molecule has 0 radical (unpaired) electrons. The maximum atomic E-state index is 11.1. The van der Waals surface area contributed by atoms with Crippen molar-refractivity contribution in [2.45, 2.75) is 32.6 Å². The first-order chi connectivity index (χ1) is 7.79. The van der Waals surface area contributed by atoms with Gasteiger partial charge in [0.05, 0.1) is 5.56 Å². The van der Waals surface area contributed by atoms with Crippen LogP contribution in [-0.4, -0.2) is 27.9 Å². The number of carboxylic acids is 1. The van der Waals surface area contributed by atoms with E-state index in [9.17, 15) is 9.90 Å². The molecule has 0 saturated carbocycles. The van der Waals surface area contributed by atoms with E-state index in [4.69, 9.17) is 10.2 Å². The minimum Gasteiger partial charge on any atom is -0.508 e. The van der Waals surface area contributed by atoms with Gasteiger partial charge in [-0.1, -0.05) is 20.8 Å². The molecule has 0 unspecified atom stereocenters. The number of aromatic hydroxyl groups is 1. The average molecular weight is 238 g/mol. The summed E-state index contributed by atoms with van der Waals surface area (Å²) in [6.07, 6.45) is 0.225. The maximum Gasteiger partial charge on any atom is 0.335 e. The third kappa shape index (κ3) is 2.77. The summed E-state index contributed by atoms with van der Waals surface area (Å²) in [7, 11) is 0. The first-order valence-corrected chi connectivity index (χ1v) is 5.48. The number of carboxylic acid groups (broad SMARTS) is 1. The number of hydrogen-bond acceptors (Lipinski definition) is 3. The molecular weight excluding hydrogens is 220 g/mol. The molecule has 0 aliphatic carbocycles. The fraction of sp³-hybridized carbons (Fsp3) is 0.462. The lowest BCUT2D eigenvalue weighted by atomic mass is 9.80. The Labute approximate surface area is 101 Å². The molecule has 1 rings (SSSR count). The molecule has 1 aromatic rings. The summed E-state index contributed by atoms with van der Waals surface area (Å²) in [5.74, 6) is -0.968. The molecule has 94 valence electrons. The lowest BCUT2D eigenvalue weighted by Crippen LogP contribution is -2.18. The van der Waals surface area contributed by atoms with Crippen molar-refractivity contribution in [2.75, 3.05) is 6.61 Å². The Kier molecular flexibility index (Phi) is 3.78. The molecule has 0 aliphatic rings. The fourth-order valence-corrected chi connectivity index (χ4v) is 2.04. The van der Waals surface area contributed by atoms with Gasteiger partial charge in [-0.15, -0.1) is 0 Å². The minimum atomic E-state index is -1.04. The molecule has 4 nitrogen and oxygen atoms in total. The van der Waals surface area contributed by atoms with E-state index in [1.54, 1.807) is 0 Å². The van der Waals surface area contributed by atoms with Gasteiger partial charge in [-0.2, -0.15) is 0 Å². The predicted octanol–water partition coefficient (Wildman–Crippen LogP) is 1.92. The quantitative estimate of drug-likeness (QED) is 0.751. The molecule has 0 saturated heterocycles. The summed E-state index contributed by atoms with van der Waals surface area (Å²) in [4.78, 5) is 11.1. The molecule has 0 amide bonds. The number of aliphatic hydroxyl groups excluding tert-OH is 1. The highest BCUT2D eigenvalue weighted by Crippen LogP contribution is 2.35. The van der Waals surface area contributed by atoms with Crippen LogP contribution in [0.15, 0.2) is 12.1 Å². The van der Waals surface area contributed by atoms with Gasteiger partial charge in [-0.3, -0.25) is 0 Å². The van der Waals surface area contributed by atoms with Gasteiger partial charge >= 0.3 is 5.97 Å². The monoisotopic (exact) mass is 238 g/mol. The topological polar surface area (TPSA) is 77.8 Å². The van der Waals surface area contributed by atoms with Crippen LogP contribution in [0.1, 0.15) is 42.3 Å². The standard InChI is InChI=1S/C13H18O4/c1-13(2,3)11-8(6-7-14)9(12(16)17)4-5-10(11)15/h4-5,14-15H,6-7H2,1-3H3,(H,16,17). The van der Waals surface area contributed by atoms with Crippen molar-refractivity contribution in [3.05, 3.63) is 28.8 Å². The van der Waals surface area contributed by atoms with Gasteiger partial charge in [0.25, 0.3) is 0 Å². The average Bonchev–Trinajstić information content (AvgIpc) is 2.15. The molecular formula is C13H18O4. The van der Waals surface area contributed by atoms with Crippen molar-refractivity contribution in [1.82, 2.24) is 0 Å². The van der Waals surface area contributed by atoms with Crippen LogP contribution >= 0.6 is 0 Å². The van der Waals surface area contributed by atoms with Crippen LogP contribution in [0, 0.1) is 0 Å². The summed E-state index contributed by atoms with van der Waals surface area (Å²) in [6.45, 7) is 5.55. The Morgan fingerprint density at radius 2 is 1.88 bits per heavy atom. The van der Waals surface area contributed by atoms with Crippen LogP contribution in [0.4, 0.5) is 0 Å². The van der Waals surface area contributed by atoms with Crippen LogP contribution in [0.25, 0.3) is 0 Å². The number of rotatable bonds is 3. The van der Waals surface area contributed by atoms with Gasteiger partial charge in [-0.05, 0) is 29.5 Å². The summed E-state index contributed by atoms with van der Waals surface area (Å²) < 4.78 is 0. The van der Waals surface area contributed by atoms with Crippen molar-refractivity contribution in [3.63, 3.8) is 0 Å². The number of phenols is 1. The first kappa shape index (κ1) is 13.5. The van der Waals surface area contributed by atoms with E-state index in [2.05, 4.69) is 0 Å². The maximum absolute atomic E-state index is 11.1. The van der Waals surface area contributed by atoms with Crippen LogP contribution in [0.3, 0.4) is 0 Å². The highest BCUT2D eigenvalue weighted by Gasteiger charge is 2.25. The molecule has 4 heteroatoms. The zero-order valence-electron chi connectivity index (χ0n) is 10.3. The predicted molar refractivity (Wildman–Crippen MR) is 64.6 cm³/mol. The van der Waals surface area contributed by atoms with E-state index < -0.39 is 5.97 Å². The van der Waals surface area contributed by atoms with Crippen LogP contribution in [0.2, 0.25) is 0 Å². The molecule has 17 heavy (non-hydrogen) atoms. The first-order valence-electron chi connectivity index (χ1n) is 5.48. The fourth-order valence-electron chi connectivity index (χ4n) is 2.04. The van der Waals surface area contributed by atoms with Crippen LogP contribution in [0.5, 0.6) is 5.75 Å². The van der Waals surface area contributed by atoms with Crippen LogP contribution in [-0.2, 0) is 11.8 Å². The largest absolute Gasteiger partial charge is 0.508 e. The Balaban J connectivity index is 3.54. The van der Waals surface area contributed by atoms with E-state index in [1.807, 2.05) is 20.8 Å². The smallest absolute Gasteiger partial charge is 0.335 e. The van der Waals surface area contributed by atoms with Gasteiger partial charge < -0.3 is 15.3 Å². The Hall–Kier alpha value is -1.55. The number of aliphatic hydroxyl groups is 1. The zero-order chi connectivity index (χ0) is 13.2. The van der Waals surface area contributed by atoms with Crippen molar-refractivity contribution < 1.29 is 20.1 Å². The van der Waals surface area contributed by atoms with Gasteiger partial charge in [0, 0.05) is 12.2 Å². The third-order valence-corrected chi connectivity index (χ3v) is 2.63. The molecule has 3 N–H and O–H groups in total. The van der Waals surface area contributed by atoms with E-state index in [1.165, 1.54) is 12.1 Å². The number of hydrogen-bond donors (Lipinski definition) is 3. The van der Waals surface area contributed by atoms with E-state index in [0.717, 1.165) is 0 Å². The SMILES string of the molecule is CC(C)(C)c1c(O)ccc(C(=O)O)c1CCO. The van der Waals surface area contributed by atoms with E-state index in [-0.39, 0.29) is 29.8 Å². The second kappa shape index (κ2) is 4.75. The van der Waals surface area contributed by atoms with Crippen LogP contribution < -0.4 is 0 Å². The number of phenolic OH excluding ortho intramolecular Hbond substituents is 1. The molecule has 0 atom stereocenters. The van der Waals surface area contributed by atoms with Crippen molar-refractivity contribution in [1.29, 1.82) is 0 Å². The molecule has 0 spiro atoms. The summed E-state index contributed by atoms with van der Waals surface area (Å²) >= 11 is 0. The van der Waals surface area contributed by atoms with Crippen molar-refractivity contribution in [2.24, 2.45) is 0 Å². The molecule has 0 fully saturated rings. The van der Waals surface area contributed by atoms with Crippen molar-refractivity contribution in [3.8, 4) is 5.75 Å². The van der Waals surface area contributed by atoms with E-state index in [0.29, 0.717) is 11.1 Å². The number of benzene rings is 1. The van der Waals surface area contributed by atoms with Gasteiger partial charge in [-0.25, -0.2) is 4.79 Å². The summed E-state index contributed by atoms with van der Waals surface area (Å²) in [5, 5.41) is 28.0. The second-order valence-electron chi connectivity index (χ2n) is 5.01. The summed E-state index contributed by atoms with van der Waals surface area (Å²) in [5.41, 5.74) is 0.862. The normalized spacial score (nSPS) is 11.5. The molecule has 0 heterocycles. The Morgan fingerprint density at radius 1 is 1.29 bits per heavy atom. The second-order valence-corrected chi connectivity index (χ2v) is 5.01. The Morgan fingerprint density at radius 3 is 2.29 bits per heavy atom. The molecule has 0 bridgehead atoms. The minimum absolute atomic E-state index is 0.0750. The molecule has 1 aromatic carbocycles. The van der Waals surface area contributed by atoms with Gasteiger partial charge in [0.1, 0.15) is 5.75 Å². The van der Waals surface area contributed by atoms with Crippen molar-refractivity contribution >= 4 is 5.97 Å². The zero-order valence-corrected chi connectivity index (χ0v) is 10.3. The Bertz CT molecular complexity index is 430. The van der Waals surface area contributed by atoms with E-state index >= 15 is 0 Å². The number of carbonyl (C=O) groups is 1. The molecule has 0 aromatic heterocycles. The lowest BCUT2D eigenvalue weighted by molar-refractivity contribution is 0.0695. The highest BCUT2D eigenvalue weighted by molar-refractivity contribution is 5.90. The highest BCUT2D eigenvalue weighted by atomic mass is 16.4. The van der Waals surface area contributed by atoms with Gasteiger partial charge in [0.15, 0.2) is 0 Å². The molecule has 0 aliphatic heterocycles. The van der Waals surface area contributed by atoms with Gasteiger partial charge in [0.2, 0.25) is 0 Å². The summed E-state index contributed by atoms with van der Waals surface area (Å²) in [6, 6.07) is 2.77. The number of aromatic carboxylic acids is 1. The lowest BCUT2D eigenvalue weighted by Gasteiger charge is -2.25. The third-order valence-electron chi connectivity index (χ3n) is 2.63.